The van der Waals surface area contributed by atoms with Crippen molar-refractivity contribution in [3.8, 4) is 5.75 Å². The maximum atomic E-state index is 12.2. The van der Waals surface area contributed by atoms with Crippen molar-refractivity contribution < 1.29 is 14.3 Å². The minimum atomic E-state index is -0.342. The number of piperazine rings is 1. The van der Waals surface area contributed by atoms with Gasteiger partial charge in [0.1, 0.15) is 11.8 Å². The van der Waals surface area contributed by atoms with Crippen LogP contribution in [0.1, 0.15) is 25.5 Å². The zero-order valence-corrected chi connectivity index (χ0v) is 13.0. The summed E-state index contributed by atoms with van der Waals surface area (Å²) in [5, 5.41) is 3.29. The number of carbonyl (C=O) groups excluding carboxylic acids is 1. The summed E-state index contributed by atoms with van der Waals surface area (Å²) in [5.41, 5.74) is 0.944. The molecule has 1 aromatic carbocycles. The molecule has 0 bridgehead atoms. The van der Waals surface area contributed by atoms with Crippen molar-refractivity contribution in [3.63, 3.8) is 0 Å². The largest absolute Gasteiger partial charge is 0.491 e. The molecule has 0 aromatic heterocycles. The van der Waals surface area contributed by atoms with E-state index in [9.17, 15) is 4.79 Å². The number of nitrogens with zero attached hydrogens (tertiary/aromatic N) is 1. The van der Waals surface area contributed by atoms with Gasteiger partial charge in [-0.15, -0.1) is 0 Å². The van der Waals surface area contributed by atoms with Crippen molar-refractivity contribution in [2.45, 2.75) is 26.0 Å². The van der Waals surface area contributed by atoms with Crippen LogP contribution in [0.2, 0.25) is 0 Å². The fourth-order valence-corrected chi connectivity index (χ4v) is 2.55. The molecule has 1 aliphatic heterocycles. The average Bonchev–Trinajstić information content (AvgIpc) is 2.49. The van der Waals surface area contributed by atoms with E-state index in [2.05, 4.69) is 10.2 Å². The Morgan fingerprint density at radius 2 is 1.81 bits per heavy atom. The summed E-state index contributed by atoms with van der Waals surface area (Å²) in [5.74, 6) is 0.604. The molecule has 0 radical (unpaired) electrons. The van der Waals surface area contributed by atoms with E-state index in [-0.39, 0.29) is 18.1 Å². The number of esters is 1. The first kappa shape index (κ1) is 15.8. The maximum absolute atomic E-state index is 12.2. The van der Waals surface area contributed by atoms with Crippen LogP contribution in [0.15, 0.2) is 24.3 Å². The molecule has 1 saturated heterocycles. The molecule has 1 unspecified atom stereocenters. The summed E-state index contributed by atoms with van der Waals surface area (Å²) in [6.07, 6.45) is 0.139. The quantitative estimate of drug-likeness (QED) is 0.835. The summed E-state index contributed by atoms with van der Waals surface area (Å²) >= 11 is 0. The van der Waals surface area contributed by atoms with Gasteiger partial charge < -0.3 is 14.8 Å². The van der Waals surface area contributed by atoms with Gasteiger partial charge >= 0.3 is 5.97 Å². The van der Waals surface area contributed by atoms with Gasteiger partial charge in [-0.2, -0.15) is 0 Å². The summed E-state index contributed by atoms with van der Waals surface area (Å²) in [7, 11) is 1.44. The van der Waals surface area contributed by atoms with Gasteiger partial charge in [-0.05, 0) is 31.5 Å². The Morgan fingerprint density at radius 1 is 1.19 bits per heavy atom. The molecule has 2 rings (SSSR count). The van der Waals surface area contributed by atoms with Gasteiger partial charge in [-0.3, -0.25) is 4.90 Å². The Balaban J connectivity index is 2.17. The Labute approximate surface area is 126 Å². The lowest BCUT2D eigenvalue weighted by Crippen LogP contribution is -2.47. The second kappa shape index (κ2) is 7.43. The van der Waals surface area contributed by atoms with Gasteiger partial charge in [0.25, 0.3) is 0 Å². The van der Waals surface area contributed by atoms with Gasteiger partial charge in [0.05, 0.1) is 13.2 Å². The molecule has 1 N–H and O–H groups in total. The Hall–Kier alpha value is -1.59. The van der Waals surface area contributed by atoms with Gasteiger partial charge in [0, 0.05) is 26.2 Å². The van der Waals surface area contributed by atoms with Crippen LogP contribution >= 0.6 is 0 Å². The third-order valence-corrected chi connectivity index (χ3v) is 3.51. The van der Waals surface area contributed by atoms with Crippen molar-refractivity contribution in [2.75, 3.05) is 33.3 Å². The molecule has 0 saturated carbocycles. The lowest BCUT2D eigenvalue weighted by Gasteiger charge is -2.33. The number of benzene rings is 1. The second-order valence-electron chi connectivity index (χ2n) is 5.45. The van der Waals surface area contributed by atoms with Gasteiger partial charge in [0.15, 0.2) is 0 Å². The lowest BCUT2D eigenvalue weighted by atomic mass is 10.0. The zero-order chi connectivity index (χ0) is 15.2. The van der Waals surface area contributed by atoms with Crippen LogP contribution < -0.4 is 10.1 Å². The van der Waals surface area contributed by atoms with E-state index in [1.165, 1.54) is 7.11 Å². The standard InChI is InChI=1S/C16H24N2O3/c1-12(2)21-14-6-4-13(5-7-14)15(16(19)20-3)18-10-8-17-9-11-18/h4-7,12,15,17H,8-11H2,1-3H3. The third-order valence-electron chi connectivity index (χ3n) is 3.51. The number of carbonyl (C=O) groups is 1. The number of ether oxygens (including phenoxy) is 2. The van der Waals surface area contributed by atoms with Crippen LogP contribution in [0.25, 0.3) is 0 Å². The first-order chi connectivity index (χ1) is 10.1. The first-order valence-corrected chi connectivity index (χ1v) is 7.41. The molecule has 1 atom stereocenters. The molecular weight excluding hydrogens is 268 g/mol. The number of hydrogen-bond donors (Lipinski definition) is 1. The van der Waals surface area contributed by atoms with Gasteiger partial charge in [-0.25, -0.2) is 4.79 Å². The summed E-state index contributed by atoms with van der Waals surface area (Å²) in [6, 6.07) is 7.37. The molecule has 5 heteroatoms. The van der Waals surface area contributed by atoms with E-state index >= 15 is 0 Å². The summed E-state index contributed by atoms with van der Waals surface area (Å²) in [6.45, 7) is 7.44. The van der Waals surface area contributed by atoms with E-state index in [4.69, 9.17) is 9.47 Å². The number of methoxy groups -OCH3 is 1. The highest BCUT2D eigenvalue weighted by Crippen LogP contribution is 2.25. The van der Waals surface area contributed by atoms with Gasteiger partial charge in [-0.1, -0.05) is 12.1 Å². The molecule has 1 aliphatic rings. The molecule has 5 nitrogen and oxygen atoms in total. The van der Waals surface area contributed by atoms with Crippen LogP contribution in [0.5, 0.6) is 5.75 Å². The number of nitrogens with one attached hydrogen (secondary N) is 1. The molecule has 1 aromatic rings. The highest BCUT2D eigenvalue weighted by Gasteiger charge is 2.29. The van der Waals surface area contributed by atoms with E-state index in [1.807, 2.05) is 38.1 Å². The Kier molecular flexibility index (Phi) is 5.59. The fraction of sp³-hybridized carbons (Fsp3) is 0.562. The van der Waals surface area contributed by atoms with Crippen LogP contribution in [-0.2, 0) is 9.53 Å². The van der Waals surface area contributed by atoms with E-state index in [1.54, 1.807) is 0 Å². The third kappa shape index (κ3) is 4.19. The predicted molar refractivity (Wildman–Crippen MR) is 81.4 cm³/mol. The molecule has 1 heterocycles. The fourth-order valence-electron chi connectivity index (χ4n) is 2.55. The average molecular weight is 292 g/mol. The van der Waals surface area contributed by atoms with Crippen LogP contribution in [0.3, 0.4) is 0 Å². The Bertz CT molecular complexity index is 453. The summed E-state index contributed by atoms with van der Waals surface area (Å²) < 4.78 is 10.6. The smallest absolute Gasteiger partial charge is 0.327 e. The topological polar surface area (TPSA) is 50.8 Å². The number of rotatable bonds is 5. The normalized spacial score (nSPS) is 17.5. The molecular formula is C16H24N2O3. The maximum Gasteiger partial charge on any atom is 0.327 e. The summed E-state index contributed by atoms with van der Waals surface area (Å²) in [4.78, 5) is 14.3. The van der Waals surface area contributed by atoms with E-state index in [0.717, 1.165) is 37.5 Å². The minimum Gasteiger partial charge on any atom is -0.491 e. The number of hydrogen-bond acceptors (Lipinski definition) is 5. The van der Waals surface area contributed by atoms with Crippen molar-refractivity contribution in [2.24, 2.45) is 0 Å². The van der Waals surface area contributed by atoms with Gasteiger partial charge in [0.2, 0.25) is 0 Å². The molecule has 1 fully saturated rings. The predicted octanol–water partition coefficient (Wildman–Crippen LogP) is 1.59. The van der Waals surface area contributed by atoms with Crippen molar-refractivity contribution in [1.29, 1.82) is 0 Å². The minimum absolute atomic E-state index is 0.139. The second-order valence-corrected chi connectivity index (χ2v) is 5.45. The van der Waals surface area contributed by atoms with Crippen LogP contribution in [-0.4, -0.2) is 50.3 Å². The highest BCUT2D eigenvalue weighted by molar-refractivity contribution is 5.77. The monoisotopic (exact) mass is 292 g/mol. The first-order valence-electron chi connectivity index (χ1n) is 7.41. The zero-order valence-electron chi connectivity index (χ0n) is 13.0. The van der Waals surface area contributed by atoms with Crippen molar-refractivity contribution in [3.05, 3.63) is 29.8 Å². The SMILES string of the molecule is COC(=O)C(c1ccc(OC(C)C)cc1)N1CCNCC1. The molecule has 0 spiro atoms. The van der Waals surface area contributed by atoms with Crippen LogP contribution in [0.4, 0.5) is 0 Å². The van der Waals surface area contributed by atoms with Crippen molar-refractivity contribution in [1.82, 2.24) is 10.2 Å². The lowest BCUT2D eigenvalue weighted by molar-refractivity contribution is -0.147. The van der Waals surface area contributed by atoms with E-state index < -0.39 is 0 Å². The Morgan fingerprint density at radius 3 is 2.33 bits per heavy atom. The molecule has 0 aliphatic carbocycles. The van der Waals surface area contributed by atoms with Crippen molar-refractivity contribution >= 4 is 5.97 Å². The highest BCUT2D eigenvalue weighted by atomic mass is 16.5. The molecule has 116 valence electrons. The van der Waals surface area contributed by atoms with E-state index in [0.29, 0.717) is 0 Å². The van der Waals surface area contributed by atoms with Crippen LogP contribution in [0, 0.1) is 0 Å². The molecule has 0 amide bonds. The molecule has 21 heavy (non-hydrogen) atoms.